The van der Waals surface area contributed by atoms with Gasteiger partial charge in [-0.15, -0.1) is 0 Å². The second-order valence-electron chi connectivity index (χ2n) is 4.25. The highest BCUT2D eigenvalue weighted by atomic mass is 79.9. The Kier molecular flexibility index (Phi) is 5.10. The quantitative estimate of drug-likeness (QED) is 0.633. The predicted octanol–water partition coefficient (Wildman–Crippen LogP) is 3.76. The van der Waals surface area contributed by atoms with Crippen molar-refractivity contribution >= 4 is 27.4 Å². The topological polar surface area (TPSA) is 77.3 Å². The number of pyridine rings is 1. The van der Waals surface area contributed by atoms with Gasteiger partial charge < -0.3 is 10.1 Å². The highest BCUT2D eigenvalue weighted by molar-refractivity contribution is 9.10. The number of hydrogen-bond donors (Lipinski definition) is 1. The molecule has 2 aromatic rings. The molecular formula is C14H14BrN3O3. The van der Waals surface area contributed by atoms with E-state index in [1.54, 1.807) is 0 Å². The molecule has 110 valence electrons. The van der Waals surface area contributed by atoms with Crippen LogP contribution in [0.1, 0.15) is 12.5 Å². The van der Waals surface area contributed by atoms with E-state index in [1.807, 2.05) is 31.2 Å². The summed E-state index contributed by atoms with van der Waals surface area (Å²) in [6.45, 7) is 2.82. The predicted molar refractivity (Wildman–Crippen MR) is 83.5 cm³/mol. The lowest BCUT2D eigenvalue weighted by Gasteiger charge is -2.08. The summed E-state index contributed by atoms with van der Waals surface area (Å²) in [5.74, 6) is 0.653. The van der Waals surface area contributed by atoms with E-state index in [0.717, 1.165) is 10.0 Å². The molecule has 0 aliphatic heterocycles. The Morgan fingerprint density at radius 1 is 1.33 bits per heavy atom. The zero-order chi connectivity index (χ0) is 15.2. The van der Waals surface area contributed by atoms with E-state index in [1.165, 1.54) is 12.1 Å². The van der Waals surface area contributed by atoms with Crippen molar-refractivity contribution < 1.29 is 9.66 Å². The van der Waals surface area contributed by atoms with Crippen LogP contribution in [0.5, 0.6) is 5.88 Å². The fourth-order valence-corrected chi connectivity index (χ4v) is 1.94. The third-order valence-electron chi connectivity index (χ3n) is 2.66. The van der Waals surface area contributed by atoms with Crippen LogP contribution in [0.25, 0.3) is 0 Å². The third-order valence-corrected chi connectivity index (χ3v) is 3.18. The number of nitro groups is 1. The molecule has 0 unspecified atom stereocenters. The SMILES string of the molecule is CCNc1cc([N+](=O)[O-])cc(OCc2ccc(Br)cc2)n1. The van der Waals surface area contributed by atoms with Crippen LogP contribution in [0.4, 0.5) is 11.5 Å². The van der Waals surface area contributed by atoms with E-state index in [9.17, 15) is 10.1 Å². The van der Waals surface area contributed by atoms with E-state index in [2.05, 4.69) is 26.2 Å². The van der Waals surface area contributed by atoms with Crippen LogP contribution in [0.2, 0.25) is 0 Å². The maximum absolute atomic E-state index is 10.9. The summed E-state index contributed by atoms with van der Waals surface area (Å²) < 4.78 is 6.52. The van der Waals surface area contributed by atoms with Crippen molar-refractivity contribution in [3.8, 4) is 5.88 Å². The van der Waals surface area contributed by atoms with E-state index >= 15 is 0 Å². The molecule has 1 heterocycles. The first-order chi connectivity index (χ1) is 10.1. The van der Waals surface area contributed by atoms with Gasteiger partial charge in [-0.1, -0.05) is 28.1 Å². The van der Waals surface area contributed by atoms with Crippen LogP contribution >= 0.6 is 15.9 Å². The molecule has 21 heavy (non-hydrogen) atoms. The smallest absolute Gasteiger partial charge is 0.278 e. The summed E-state index contributed by atoms with van der Waals surface area (Å²) in [6, 6.07) is 10.3. The van der Waals surface area contributed by atoms with Crippen molar-refractivity contribution in [3.63, 3.8) is 0 Å². The largest absolute Gasteiger partial charge is 0.473 e. The summed E-state index contributed by atoms with van der Waals surface area (Å²) in [4.78, 5) is 14.6. The van der Waals surface area contributed by atoms with E-state index in [0.29, 0.717) is 19.0 Å². The van der Waals surface area contributed by atoms with Gasteiger partial charge in [-0.25, -0.2) is 0 Å². The maximum Gasteiger partial charge on any atom is 0.278 e. The average Bonchev–Trinajstić information content (AvgIpc) is 2.47. The van der Waals surface area contributed by atoms with Crippen molar-refractivity contribution in [2.24, 2.45) is 0 Å². The van der Waals surface area contributed by atoms with Crippen LogP contribution in [0.3, 0.4) is 0 Å². The highest BCUT2D eigenvalue weighted by Gasteiger charge is 2.12. The lowest BCUT2D eigenvalue weighted by Crippen LogP contribution is -2.03. The number of halogens is 1. The van der Waals surface area contributed by atoms with Gasteiger partial charge in [0.05, 0.1) is 17.1 Å². The average molecular weight is 352 g/mol. The highest BCUT2D eigenvalue weighted by Crippen LogP contribution is 2.23. The second-order valence-corrected chi connectivity index (χ2v) is 5.17. The first kappa shape index (κ1) is 15.2. The van der Waals surface area contributed by atoms with Crippen molar-refractivity contribution in [2.75, 3.05) is 11.9 Å². The zero-order valence-corrected chi connectivity index (χ0v) is 13.0. The Morgan fingerprint density at radius 2 is 2.05 bits per heavy atom. The molecule has 0 bridgehead atoms. The first-order valence-corrected chi connectivity index (χ1v) is 7.15. The maximum atomic E-state index is 10.9. The normalized spacial score (nSPS) is 10.2. The van der Waals surface area contributed by atoms with Gasteiger partial charge in [0, 0.05) is 11.0 Å². The number of rotatable bonds is 6. The molecule has 0 aliphatic carbocycles. The van der Waals surface area contributed by atoms with Gasteiger partial charge in [0.15, 0.2) is 0 Å². The molecule has 1 aromatic carbocycles. The molecule has 0 saturated heterocycles. The van der Waals surface area contributed by atoms with Crippen molar-refractivity contribution in [2.45, 2.75) is 13.5 Å². The van der Waals surface area contributed by atoms with E-state index in [-0.39, 0.29) is 11.6 Å². The van der Waals surface area contributed by atoms with Gasteiger partial charge in [0.25, 0.3) is 5.69 Å². The number of benzene rings is 1. The number of ether oxygens (including phenoxy) is 1. The van der Waals surface area contributed by atoms with Crippen molar-refractivity contribution in [1.29, 1.82) is 0 Å². The molecule has 0 spiro atoms. The summed E-state index contributed by atoms with van der Waals surface area (Å²) in [6.07, 6.45) is 0. The molecule has 7 heteroatoms. The second kappa shape index (κ2) is 7.03. The van der Waals surface area contributed by atoms with Gasteiger partial charge in [0.2, 0.25) is 5.88 Å². The number of nitrogens with zero attached hydrogens (tertiary/aromatic N) is 2. The van der Waals surface area contributed by atoms with Gasteiger partial charge in [-0.05, 0) is 24.6 Å². The van der Waals surface area contributed by atoms with E-state index < -0.39 is 4.92 Å². The van der Waals surface area contributed by atoms with Crippen LogP contribution in [-0.2, 0) is 6.61 Å². The number of anilines is 1. The van der Waals surface area contributed by atoms with Gasteiger partial charge >= 0.3 is 0 Å². The molecule has 2 rings (SSSR count). The standard InChI is InChI=1S/C14H14BrN3O3/c1-2-16-13-7-12(18(19)20)8-14(17-13)21-9-10-3-5-11(15)6-4-10/h3-8H,2,9H2,1H3,(H,16,17). The molecule has 0 saturated carbocycles. The molecule has 6 nitrogen and oxygen atoms in total. The molecule has 1 aromatic heterocycles. The van der Waals surface area contributed by atoms with Gasteiger partial charge in [-0.3, -0.25) is 10.1 Å². The Hall–Kier alpha value is -2.15. The number of hydrogen-bond acceptors (Lipinski definition) is 5. The summed E-state index contributed by atoms with van der Waals surface area (Å²) >= 11 is 3.36. The monoisotopic (exact) mass is 351 g/mol. The minimum atomic E-state index is -0.463. The van der Waals surface area contributed by atoms with Crippen LogP contribution in [-0.4, -0.2) is 16.5 Å². The lowest BCUT2D eigenvalue weighted by molar-refractivity contribution is -0.384. The number of nitrogens with one attached hydrogen (secondary N) is 1. The molecule has 0 aliphatic rings. The summed E-state index contributed by atoms with van der Waals surface area (Å²) in [5.41, 5.74) is 0.906. The molecule has 0 radical (unpaired) electrons. The summed E-state index contributed by atoms with van der Waals surface area (Å²) in [5, 5.41) is 13.9. The van der Waals surface area contributed by atoms with Crippen LogP contribution < -0.4 is 10.1 Å². The molecule has 0 amide bonds. The van der Waals surface area contributed by atoms with E-state index in [4.69, 9.17) is 4.74 Å². The lowest BCUT2D eigenvalue weighted by atomic mass is 10.2. The zero-order valence-electron chi connectivity index (χ0n) is 11.4. The Labute approximate surface area is 130 Å². The Morgan fingerprint density at radius 3 is 2.67 bits per heavy atom. The first-order valence-electron chi connectivity index (χ1n) is 6.36. The number of aromatic nitrogens is 1. The van der Waals surface area contributed by atoms with Gasteiger partial charge in [-0.2, -0.15) is 4.98 Å². The fraction of sp³-hybridized carbons (Fsp3) is 0.214. The van der Waals surface area contributed by atoms with Crippen LogP contribution in [0.15, 0.2) is 40.9 Å². The molecular weight excluding hydrogens is 338 g/mol. The minimum Gasteiger partial charge on any atom is -0.473 e. The third kappa shape index (κ3) is 4.42. The Balaban J connectivity index is 2.14. The molecule has 1 N–H and O–H groups in total. The van der Waals surface area contributed by atoms with Gasteiger partial charge in [0.1, 0.15) is 12.4 Å². The fourth-order valence-electron chi connectivity index (χ4n) is 1.68. The molecule has 0 fully saturated rings. The Bertz CT molecular complexity index is 632. The van der Waals surface area contributed by atoms with Crippen LogP contribution in [0, 0.1) is 10.1 Å². The van der Waals surface area contributed by atoms with Crippen molar-refractivity contribution in [1.82, 2.24) is 4.98 Å². The molecule has 0 atom stereocenters. The minimum absolute atomic E-state index is 0.0493. The summed E-state index contributed by atoms with van der Waals surface area (Å²) in [7, 11) is 0. The van der Waals surface area contributed by atoms with Crippen molar-refractivity contribution in [3.05, 3.63) is 56.5 Å².